The van der Waals surface area contributed by atoms with Crippen LogP contribution in [-0.4, -0.2) is 117 Å². The summed E-state index contributed by atoms with van der Waals surface area (Å²) in [4.78, 5) is 102. The fraction of sp³-hybridized carbons (Fsp3) is 0.833. The van der Waals surface area contributed by atoms with Crippen molar-refractivity contribution in [1.82, 2.24) is 37.2 Å². The van der Waals surface area contributed by atoms with Crippen LogP contribution < -0.4 is 65.9 Å². The Kier molecular flexibility index (Phi) is 41.0. The largest absolute Gasteiger partial charge is 0.368 e. The van der Waals surface area contributed by atoms with Crippen LogP contribution in [0.1, 0.15) is 187 Å². The minimum absolute atomic E-state index is 0.0280. The van der Waals surface area contributed by atoms with Crippen molar-refractivity contribution in [3.63, 3.8) is 0 Å². The number of rotatable bonds is 46. The topological polar surface area (TPSA) is 351 Å². The van der Waals surface area contributed by atoms with E-state index in [0.29, 0.717) is 116 Å². The molecule has 0 rings (SSSR count). The van der Waals surface area contributed by atoms with Crippen molar-refractivity contribution in [1.29, 1.82) is 0 Å². The number of carbonyl (C=O) groups is 8. The molecule has 0 heterocycles. The molecule has 68 heavy (non-hydrogen) atoms. The summed E-state index contributed by atoms with van der Waals surface area (Å²) in [5.74, 6) is -2.96. The zero-order valence-corrected chi connectivity index (χ0v) is 41.7. The number of unbranched alkanes of at least 4 members (excludes halogenated alkanes) is 12. The van der Waals surface area contributed by atoms with Crippen LogP contribution in [0.4, 0.5) is 0 Å². The Hall–Kier alpha value is -4.40. The molecular weight excluding hydrogens is 873 g/mol. The first-order valence-corrected chi connectivity index (χ1v) is 25.9. The third kappa shape index (κ3) is 35.7. The van der Waals surface area contributed by atoms with Gasteiger partial charge in [-0.3, -0.25) is 38.4 Å². The first-order chi connectivity index (χ1) is 32.8. The van der Waals surface area contributed by atoms with Crippen LogP contribution in [0.2, 0.25) is 0 Å². The van der Waals surface area contributed by atoms with Gasteiger partial charge in [-0.25, -0.2) is 0 Å². The quantitative estimate of drug-likeness (QED) is 0.0387. The van der Waals surface area contributed by atoms with E-state index in [1.54, 1.807) is 0 Å². The van der Waals surface area contributed by atoms with Crippen LogP contribution in [0.3, 0.4) is 0 Å². The highest BCUT2D eigenvalue weighted by Gasteiger charge is 2.24. The molecule has 0 aromatic carbocycles. The van der Waals surface area contributed by atoms with Crippen LogP contribution in [0.5, 0.6) is 0 Å². The van der Waals surface area contributed by atoms with Crippen molar-refractivity contribution in [2.75, 3.05) is 45.8 Å². The highest BCUT2D eigenvalue weighted by molar-refractivity contribution is 5.89. The highest BCUT2D eigenvalue weighted by atomic mass is 16.2. The number of nitrogens with one attached hydrogen (secondary N) is 7. The maximum Gasteiger partial charge on any atom is 0.242 e. The lowest BCUT2D eigenvalue weighted by Crippen LogP contribution is -2.48. The Bertz CT molecular complexity index is 1410. The molecule has 0 aliphatic rings. The Balaban J connectivity index is 4.92. The van der Waals surface area contributed by atoms with Gasteiger partial charge in [-0.05, 0) is 129 Å². The lowest BCUT2D eigenvalue weighted by Gasteiger charge is -2.20. The standard InChI is InChI=1S/C48H94N12O8/c1-2-3-4-5-6-7-8-9-10-26-41(61)58-38(23-12-16-31-50)46(66)55-35-20-28-43(63)60-40(25-14-18-33-52)48(68)56-36-21-29-44(64)59-39(24-13-17-32-51)47(67)54-34-19-27-42(62)57-37(45(53)65)22-11-15-30-49/h37-40H,2-36,49-52H2,1H3,(H2,53,65)(H,54,67)(H,55,66)(H,56,68)(H,57,62)(H,58,61)(H,59,64)(H,60,63). The molecule has 20 heteroatoms. The summed E-state index contributed by atoms with van der Waals surface area (Å²) in [5.41, 5.74) is 27.9. The maximum atomic E-state index is 13.2. The van der Waals surface area contributed by atoms with Crippen molar-refractivity contribution in [2.24, 2.45) is 28.7 Å². The molecule has 0 radical (unpaired) electrons. The number of carbonyl (C=O) groups excluding carboxylic acids is 8. The van der Waals surface area contributed by atoms with Crippen LogP contribution in [0.25, 0.3) is 0 Å². The third-order valence-electron chi connectivity index (χ3n) is 11.6. The molecule has 0 spiro atoms. The number of amides is 8. The van der Waals surface area contributed by atoms with Gasteiger partial charge in [-0.1, -0.05) is 58.3 Å². The van der Waals surface area contributed by atoms with E-state index in [2.05, 4.69) is 44.1 Å². The third-order valence-corrected chi connectivity index (χ3v) is 11.6. The summed E-state index contributed by atoms with van der Waals surface area (Å²) < 4.78 is 0. The first-order valence-electron chi connectivity index (χ1n) is 25.9. The molecule has 0 aromatic heterocycles. The molecule has 17 N–H and O–H groups in total. The van der Waals surface area contributed by atoms with Gasteiger partial charge in [0.15, 0.2) is 0 Å². The van der Waals surface area contributed by atoms with E-state index in [1.807, 2.05) is 0 Å². The minimum Gasteiger partial charge on any atom is -0.368 e. The van der Waals surface area contributed by atoms with Gasteiger partial charge in [0.25, 0.3) is 0 Å². The molecule has 4 unspecified atom stereocenters. The maximum absolute atomic E-state index is 13.2. The fourth-order valence-corrected chi connectivity index (χ4v) is 7.48. The summed E-state index contributed by atoms with van der Waals surface area (Å²) >= 11 is 0. The molecule has 394 valence electrons. The van der Waals surface area contributed by atoms with E-state index in [1.165, 1.54) is 38.5 Å². The van der Waals surface area contributed by atoms with Crippen LogP contribution in [0, 0.1) is 0 Å². The number of hydrogen-bond donors (Lipinski definition) is 12. The molecule has 20 nitrogen and oxygen atoms in total. The molecule has 0 aliphatic carbocycles. The average Bonchev–Trinajstić information content (AvgIpc) is 3.31. The van der Waals surface area contributed by atoms with Gasteiger partial charge in [0.05, 0.1) is 0 Å². The van der Waals surface area contributed by atoms with Crippen molar-refractivity contribution >= 4 is 47.3 Å². The predicted octanol–water partition coefficient (Wildman–Crippen LogP) is 1.54. The molecule has 4 atom stereocenters. The van der Waals surface area contributed by atoms with E-state index in [4.69, 9.17) is 28.7 Å². The van der Waals surface area contributed by atoms with Crippen molar-refractivity contribution in [3.05, 3.63) is 0 Å². The number of primary amides is 1. The summed E-state index contributed by atoms with van der Waals surface area (Å²) in [6.07, 6.45) is 18.7. The van der Waals surface area contributed by atoms with Gasteiger partial charge >= 0.3 is 0 Å². The minimum atomic E-state index is -0.822. The smallest absolute Gasteiger partial charge is 0.242 e. The van der Waals surface area contributed by atoms with E-state index >= 15 is 0 Å². The zero-order valence-electron chi connectivity index (χ0n) is 41.7. The summed E-state index contributed by atoms with van der Waals surface area (Å²) in [7, 11) is 0. The Labute approximate surface area is 407 Å². The predicted molar refractivity (Wildman–Crippen MR) is 267 cm³/mol. The lowest BCUT2D eigenvalue weighted by molar-refractivity contribution is -0.130. The fourth-order valence-electron chi connectivity index (χ4n) is 7.48. The highest BCUT2D eigenvalue weighted by Crippen LogP contribution is 2.11. The van der Waals surface area contributed by atoms with E-state index in [9.17, 15) is 38.4 Å². The normalized spacial score (nSPS) is 12.8. The second kappa shape index (κ2) is 43.9. The van der Waals surface area contributed by atoms with Crippen LogP contribution >= 0.6 is 0 Å². The van der Waals surface area contributed by atoms with Gasteiger partial charge in [0.1, 0.15) is 24.2 Å². The molecule has 0 aromatic rings. The number of nitrogens with two attached hydrogens (primary N) is 5. The lowest BCUT2D eigenvalue weighted by atomic mass is 10.1. The first kappa shape index (κ1) is 63.6. The molecule has 0 saturated carbocycles. The van der Waals surface area contributed by atoms with Crippen LogP contribution in [-0.2, 0) is 38.4 Å². The van der Waals surface area contributed by atoms with Crippen molar-refractivity contribution in [3.8, 4) is 0 Å². The van der Waals surface area contributed by atoms with Crippen LogP contribution in [0.15, 0.2) is 0 Å². The molecule has 8 amide bonds. The Morgan fingerprint density at radius 2 is 0.603 bits per heavy atom. The van der Waals surface area contributed by atoms with E-state index in [0.717, 1.165) is 25.7 Å². The second-order valence-corrected chi connectivity index (χ2v) is 17.8. The Morgan fingerprint density at radius 3 is 0.897 bits per heavy atom. The molecule has 0 aliphatic heterocycles. The van der Waals surface area contributed by atoms with Gasteiger partial charge in [-0.2, -0.15) is 0 Å². The molecular formula is C48H94N12O8. The zero-order chi connectivity index (χ0) is 50.6. The van der Waals surface area contributed by atoms with Gasteiger partial charge in [-0.15, -0.1) is 0 Å². The second-order valence-electron chi connectivity index (χ2n) is 17.8. The van der Waals surface area contributed by atoms with Gasteiger partial charge in [0, 0.05) is 45.3 Å². The molecule has 0 fully saturated rings. The van der Waals surface area contributed by atoms with E-state index in [-0.39, 0.29) is 74.9 Å². The van der Waals surface area contributed by atoms with Crippen molar-refractivity contribution in [2.45, 2.75) is 211 Å². The van der Waals surface area contributed by atoms with Gasteiger partial charge in [0.2, 0.25) is 47.3 Å². The summed E-state index contributed by atoms with van der Waals surface area (Å²) in [5, 5.41) is 19.5. The SMILES string of the molecule is CCCCCCCCCCCC(=O)NC(CCCCN)C(=O)NCCCC(=O)NC(CCCCN)C(=O)NCCCC(=O)NC(CCCCN)C(=O)NCCCC(=O)NC(CCCCN)C(N)=O. The van der Waals surface area contributed by atoms with Gasteiger partial charge < -0.3 is 65.9 Å². The summed E-state index contributed by atoms with van der Waals surface area (Å²) in [6.45, 7) is 4.57. The van der Waals surface area contributed by atoms with Crippen molar-refractivity contribution < 1.29 is 38.4 Å². The molecule has 0 bridgehead atoms. The summed E-state index contributed by atoms with van der Waals surface area (Å²) in [6, 6.07) is -3.11. The van der Waals surface area contributed by atoms with E-state index < -0.39 is 41.9 Å². The Morgan fingerprint density at radius 1 is 0.338 bits per heavy atom. The average molecular weight is 967 g/mol. The number of hydrogen-bond acceptors (Lipinski definition) is 12. The monoisotopic (exact) mass is 967 g/mol. The molecule has 0 saturated heterocycles.